The van der Waals surface area contributed by atoms with Gasteiger partial charge in [-0.15, -0.1) is 0 Å². The van der Waals surface area contributed by atoms with Gasteiger partial charge >= 0.3 is 0 Å². The summed E-state index contributed by atoms with van der Waals surface area (Å²) in [5.41, 5.74) is 1.67. The van der Waals surface area contributed by atoms with E-state index >= 15 is 0 Å². The minimum atomic E-state index is -0.158. The SMILES string of the molecule is O=C(N[C@@H]1CCN(Cc2ccccc2)C1)c1cc(Cl)ccn1. The number of nitrogens with one attached hydrogen (secondary N) is 1. The van der Waals surface area contributed by atoms with Crippen molar-refractivity contribution in [2.75, 3.05) is 13.1 Å². The number of amides is 1. The molecule has 0 radical (unpaired) electrons. The van der Waals surface area contributed by atoms with Crippen molar-refractivity contribution in [3.8, 4) is 0 Å². The van der Waals surface area contributed by atoms with Gasteiger partial charge < -0.3 is 5.32 Å². The Morgan fingerprint density at radius 2 is 2.14 bits per heavy atom. The van der Waals surface area contributed by atoms with Crippen molar-refractivity contribution in [2.24, 2.45) is 0 Å². The fourth-order valence-electron chi connectivity index (χ4n) is 2.72. The lowest BCUT2D eigenvalue weighted by atomic mass is 10.2. The largest absolute Gasteiger partial charge is 0.347 e. The molecule has 0 unspecified atom stereocenters. The van der Waals surface area contributed by atoms with Crippen molar-refractivity contribution in [3.05, 3.63) is 64.9 Å². The molecular weight excluding hydrogens is 298 g/mol. The Hall–Kier alpha value is -1.91. The van der Waals surface area contributed by atoms with Gasteiger partial charge in [0, 0.05) is 36.9 Å². The van der Waals surface area contributed by atoms with Crippen LogP contribution < -0.4 is 5.32 Å². The highest BCUT2D eigenvalue weighted by molar-refractivity contribution is 6.30. The Kier molecular flexibility index (Phi) is 4.71. The fraction of sp³-hybridized carbons (Fsp3) is 0.294. The summed E-state index contributed by atoms with van der Waals surface area (Å²) in [6.07, 6.45) is 2.51. The number of carbonyl (C=O) groups is 1. The summed E-state index contributed by atoms with van der Waals surface area (Å²) in [5, 5.41) is 3.56. The van der Waals surface area contributed by atoms with E-state index in [0.717, 1.165) is 26.1 Å². The second-order valence-electron chi connectivity index (χ2n) is 5.54. The second-order valence-corrected chi connectivity index (χ2v) is 5.98. The first-order valence-electron chi connectivity index (χ1n) is 7.39. The van der Waals surface area contributed by atoms with Crippen molar-refractivity contribution in [2.45, 2.75) is 19.0 Å². The first-order chi connectivity index (χ1) is 10.7. The Bertz CT molecular complexity index is 647. The topological polar surface area (TPSA) is 45.2 Å². The summed E-state index contributed by atoms with van der Waals surface area (Å²) in [6.45, 7) is 2.77. The summed E-state index contributed by atoms with van der Waals surface area (Å²) in [5.74, 6) is -0.158. The maximum atomic E-state index is 12.2. The Morgan fingerprint density at radius 3 is 2.91 bits per heavy atom. The minimum absolute atomic E-state index is 0.158. The van der Waals surface area contributed by atoms with Crippen LogP contribution in [0.25, 0.3) is 0 Å². The zero-order chi connectivity index (χ0) is 15.4. The molecular formula is C17H18ClN3O. The molecule has 1 saturated heterocycles. The van der Waals surface area contributed by atoms with Crippen molar-refractivity contribution < 1.29 is 4.79 Å². The highest BCUT2D eigenvalue weighted by atomic mass is 35.5. The predicted molar refractivity (Wildman–Crippen MR) is 86.8 cm³/mol. The van der Waals surface area contributed by atoms with Crippen LogP contribution >= 0.6 is 11.6 Å². The predicted octanol–water partition coefficient (Wildman–Crippen LogP) is 2.74. The number of halogens is 1. The number of hydrogen-bond acceptors (Lipinski definition) is 3. The van der Waals surface area contributed by atoms with Crippen LogP contribution in [-0.4, -0.2) is 34.9 Å². The van der Waals surface area contributed by atoms with Crippen molar-refractivity contribution in [1.82, 2.24) is 15.2 Å². The summed E-state index contributed by atoms with van der Waals surface area (Å²) in [4.78, 5) is 18.6. The van der Waals surface area contributed by atoms with Gasteiger partial charge in [0.25, 0.3) is 5.91 Å². The Morgan fingerprint density at radius 1 is 1.32 bits per heavy atom. The number of benzene rings is 1. The first-order valence-corrected chi connectivity index (χ1v) is 7.77. The van der Waals surface area contributed by atoms with E-state index in [9.17, 15) is 4.79 Å². The van der Waals surface area contributed by atoms with Crippen molar-refractivity contribution in [1.29, 1.82) is 0 Å². The van der Waals surface area contributed by atoms with E-state index < -0.39 is 0 Å². The molecule has 0 saturated carbocycles. The van der Waals surface area contributed by atoms with Crippen LogP contribution in [0.3, 0.4) is 0 Å². The van der Waals surface area contributed by atoms with Crippen LogP contribution in [-0.2, 0) is 6.54 Å². The van der Waals surface area contributed by atoms with Gasteiger partial charge in [-0.25, -0.2) is 0 Å². The molecule has 1 aromatic heterocycles. The van der Waals surface area contributed by atoms with E-state index in [2.05, 4.69) is 39.5 Å². The molecule has 1 aliphatic heterocycles. The first kappa shape index (κ1) is 15.0. The highest BCUT2D eigenvalue weighted by Gasteiger charge is 2.24. The fourth-order valence-corrected chi connectivity index (χ4v) is 2.88. The van der Waals surface area contributed by atoms with Gasteiger partial charge in [-0.05, 0) is 24.1 Å². The van der Waals surface area contributed by atoms with E-state index in [0.29, 0.717) is 10.7 Å². The molecule has 0 aliphatic carbocycles. The number of hydrogen-bond donors (Lipinski definition) is 1. The van der Waals surface area contributed by atoms with Gasteiger partial charge in [-0.3, -0.25) is 14.7 Å². The van der Waals surface area contributed by atoms with E-state index in [1.807, 2.05) is 6.07 Å². The number of carbonyl (C=O) groups excluding carboxylic acids is 1. The molecule has 2 aromatic rings. The van der Waals surface area contributed by atoms with Crippen LogP contribution in [0.4, 0.5) is 0 Å². The smallest absolute Gasteiger partial charge is 0.270 e. The number of rotatable bonds is 4. The zero-order valence-corrected chi connectivity index (χ0v) is 13.0. The third-order valence-electron chi connectivity index (χ3n) is 3.81. The third kappa shape index (κ3) is 3.84. The third-order valence-corrected chi connectivity index (χ3v) is 4.05. The highest BCUT2D eigenvalue weighted by Crippen LogP contribution is 2.14. The molecule has 1 atom stereocenters. The summed E-state index contributed by atoms with van der Waals surface area (Å²) < 4.78 is 0. The van der Waals surface area contributed by atoms with Crippen LogP contribution in [0.5, 0.6) is 0 Å². The number of nitrogens with zero attached hydrogens (tertiary/aromatic N) is 2. The number of pyridine rings is 1. The molecule has 0 bridgehead atoms. The van der Waals surface area contributed by atoms with Gasteiger partial charge in [0.15, 0.2) is 0 Å². The molecule has 3 rings (SSSR count). The molecule has 1 aromatic carbocycles. The Labute approximate surface area is 135 Å². The van der Waals surface area contributed by atoms with Gasteiger partial charge in [0.1, 0.15) is 5.69 Å². The quantitative estimate of drug-likeness (QED) is 0.943. The van der Waals surface area contributed by atoms with E-state index in [-0.39, 0.29) is 11.9 Å². The summed E-state index contributed by atoms with van der Waals surface area (Å²) in [6, 6.07) is 13.8. The van der Waals surface area contributed by atoms with Crippen LogP contribution in [0.15, 0.2) is 48.7 Å². The van der Waals surface area contributed by atoms with Crippen LogP contribution in [0, 0.1) is 0 Å². The molecule has 1 fully saturated rings. The molecule has 22 heavy (non-hydrogen) atoms. The standard InChI is InChI=1S/C17H18ClN3O/c18-14-6-8-19-16(10-14)17(22)20-15-7-9-21(12-15)11-13-4-2-1-3-5-13/h1-6,8,10,15H,7,9,11-12H2,(H,20,22)/t15-/m1/s1. The molecule has 4 nitrogen and oxygen atoms in total. The normalized spacial score (nSPS) is 18.3. The monoisotopic (exact) mass is 315 g/mol. The molecule has 0 spiro atoms. The number of likely N-dealkylation sites (tertiary alicyclic amines) is 1. The van der Waals surface area contributed by atoms with Crippen molar-refractivity contribution in [3.63, 3.8) is 0 Å². The number of aromatic nitrogens is 1. The maximum Gasteiger partial charge on any atom is 0.270 e. The summed E-state index contributed by atoms with van der Waals surface area (Å²) in [7, 11) is 0. The second kappa shape index (κ2) is 6.90. The maximum absolute atomic E-state index is 12.2. The molecule has 2 heterocycles. The van der Waals surface area contributed by atoms with E-state index in [4.69, 9.17) is 11.6 Å². The van der Waals surface area contributed by atoms with Crippen LogP contribution in [0.2, 0.25) is 5.02 Å². The van der Waals surface area contributed by atoms with Crippen molar-refractivity contribution >= 4 is 17.5 Å². The van der Waals surface area contributed by atoms with E-state index in [1.165, 1.54) is 5.56 Å². The summed E-state index contributed by atoms with van der Waals surface area (Å²) >= 11 is 5.89. The van der Waals surface area contributed by atoms with Crippen LogP contribution in [0.1, 0.15) is 22.5 Å². The molecule has 114 valence electrons. The van der Waals surface area contributed by atoms with Gasteiger partial charge in [0.05, 0.1) is 0 Å². The molecule has 1 N–H and O–H groups in total. The molecule has 1 aliphatic rings. The molecule has 1 amide bonds. The zero-order valence-electron chi connectivity index (χ0n) is 12.2. The van der Waals surface area contributed by atoms with Gasteiger partial charge in [-0.2, -0.15) is 0 Å². The van der Waals surface area contributed by atoms with Gasteiger partial charge in [-0.1, -0.05) is 41.9 Å². The van der Waals surface area contributed by atoms with E-state index in [1.54, 1.807) is 18.3 Å². The lowest BCUT2D eigenvalue weighted by Gasteiger charge is -2.16. The average Bonchev–Trinajstić information content (AvgIpc) is 2.95. The van der Waals surface area contributed by atoms with Gasteiger partial charge in [0.2, 0.25) is 0 Å². The molecule has 5 heteroatoms. The lowest BCUT2D eigenvalue weighted by Crippen LogP contribution is -2.37. The Balaban J connectivity index is 1.54. The minimum Gasteiger partial charge on any atom is -0.347 e. The average molecular weight is 316 g/mol. The lowest BCUT2D eigenvalue weighted by molar-refractivity contribution is 0.0932.